The highest BCUT2D eigenvalue weighted by Crippen LogP contribution is 2.39. The van der Waals surface area contributed by atoms with Gasteiger partial charge in [0.05, 0.1) is 26.9 Å². The summed E-state index contributed by atoms with van der Waals surface area (Å²) in [5.74, 6) is -1.21. The highest BCUT2D eigenvalue weighted by atomic mass is 16.6. The van der Waals surface area contributed by atoms with E-state index in [0.29, 0.717) is 12.1 Å². The van der Waals surface area contributed by atoms with Gasteiger partial charge in [0, 0.05) is 0 Å². The Balaban J connectivity index is 0.000000168. The van der Waals surface area contributed by atoms with Crippen LogP contribution in [0.15, 0.2) is 78.9 Å². The van der Waals surface area contributed by atoms with Crippen LogP contribution in [0.3, 0.4) is 0 Å². The van der Waals surface area contributed by atoms with Gasteiger partial charge in [-0.05, 0) is 44.8 Å². The van der Waals surface area contributed by atoms with Gasteiger partial charge in [0.15, 0.2) is 0 Å². The van der Waals surface area contributed by atoms with Crippen LogP contribution in [0.5, 0.6) is 5.75 Å². The second-order valence-electron chi connectivity index (χ2n) is 7.73. The average Bonchev–Trinajstić information content (AvgIpc) is 2.83. The molecule has 0 aromatic heterocycles. The van der Waals surface area contributed by atoms with Crippen LogP contribution in [0.4, 0.5) is 17.1 Å². The first-order chi connectivity index (χ1) is 16.7. The van der Waals surface area contributed by atoms with Crippen LogP contribution < -0.4 is 0 Å². The Morgan fingerprint density at radius 2 is 1.14 bits per heavy atom. The second kappa shape index (κ2) is 9.02. The summed E-state index contributed by atoms with van der Waals surface area (Å²) in [4.78, 5) is 27.8. The molecule has 10 nitrogen and oxygen atoms in total. The lowest BCUT2D eigenvalue weighted by Gasteiger charge is -2.10. The summed E-state index contributed by atoms with van der Waals surface area (Å²) in [6.45, 7) is 2.20. The molecule has 0 bridgehead atoms. The van der Waals surface area contributed by atoms with Gasteiger partial charge in [-0.3, -0.25) is 30.3 Å². The molecule has 0 aliphatic rings. The van der Waals surface area contributed by atoms with E-state index >= 15 is 0 Å². The van der Waals surface area contributed by atoms with Gasteiger partial charge in [-0.25, -0.2) is 0 Å². The molecule has 0 atom stereocenters. The van der Waals surface area contributed by atoms with E-state index in [0.717, 1.165) is 0 Å². The standard InChI is InChI=1S/C19H14.C6H3N3O7/c1-13-12-15-7-3-5-9-18(15)19-16(13)11-10-14-6-2-4-8-17(14)19;10-6-4(8(13)14)1-3(7(11)12)2-5(6)9(15)16/h2-12H,1H3;1-2,10H. The molecule has 174 valence electrons. The quantitative estimate of drug-likeness (QED) is 0.177. The van der Waals surface area contributed by atoms with Gasteiger partial charge >= 0.3 is 11.4 Å². The molecule has 0 aliphatic carbocycles. The third kappa shape index (κ3) is 4.27. The van der Waals surface area contributed by atoms with E-state index in [9.17, 15) is 30.3 Å². The van der Waals surface area contributed by atoms with Gasteiger partial charge in [-0.15, -0.1) is 0 Å². The first-order valence-electron chi connectivity index (χ1n) is 10.3. The van der Waals surface area contributed by atoms with E-state index in [2.05, 4.69) is 73.7 Å². The maximum atomic E-state index is 10.4. The molecule has 1 N–H and O–H groups in total. The number of rotatable bonds is 3. The minimum atomic E-state index is -1.21. The number of non-ortho nitro benzene ring substituents is 1. The number of nitro groups is 3. The smallest absolute Gasteiger partial charge is 0.324 e. The summed E-state index contributed by atoms with van der Waals surface area (Å²) >= 11 is 0. The Hall–Kier alpha value is -5.12. The Kier molecular flexibility index (Phi) is 5.94. The van der Waals surface area contributed by atoms with Gasteiger partial charge in [-0.1, -0.05) is 66.7 Å². The Bertz CT molecular complexity index is 1610. The van der Waals surface area contributed by atoms with Gasteiger partial charge in [0.1, 0.15) is 0 Å². The fourth-order valence-corrected chi connectivity index (χ4v) is 4.03. The van der Waals surface area contributed by atoms with Gasteiger partial charge in [0.25, 0.3) is 11.4 Å². The number of nitro benzene ring substituents is 3. The largest absolute Gasteiger partial charge is 0.497 e. The van der Waals surface area contributed by atoms with Crippen LogP contribution in [0, 0.1) is 37.3 Å². The van der Waals surface area contributed by atoms with Crippen molar-refractivity contribution in [3.63, 3.8) is 0 Å². The molecule has 0 radical (unpaired) electrons. The monoisotopic (exact) mass is 471 g/mol. The van der Waals surface area contributed by atoms with Crippen molar-refractivity contribution in [3.8, 4) is 5.75 Å². The van der Waals surface area contributed by atoms with E-state index in [4.69, 9.17) is 5.11 Å². The average molecular weight is 471 g/mol. The summed E-state index contributed by atoms with van der Waals surface area (Å²) in [6.07, 6.45) is 0. The predicted molar refractivity (Wildman–Crippen MR) is 132 cm³/mol. The lowest BCUT2D eigenvalue weighted by molar-refractivity contribution is -0.404. The van der Waals surface area contributed by atoms with Crippen LogP contribution >= 0.6 is 0 Å². The number of phenols is 1. The number of nitrogens with zero attached hydrogens (tertiary/aromatic N) is 3. The minimum Gasteiger partial charge on any atom is -0.497 e. The van der Waals surface area contributed by atoms with E-state index in [1.807, 2.05) is 0 Å². The van der Waals surface area contributed by atoms with Crippen LogP contribution in [0.25, 0.3) is 32.3 Å². The Morgan fingerprint density at radius 3 is 1.69 bits per heavy atom. The molecule has 10 heteroatoms. The van der Waals surface area contributed by atoms with Crippen molar-refractivity contribution in [2.45, 2.75) is 6.92 Å². The van der Waals surface area contributed by atoms with Crippen molar-refractivity contribution in [1.29, 1.82) is 0 Å². The summed E-state index contributed by atoms with van der Waals surface area (Å²) in [7, 11) is 0. The lowest BCUT2D eigenvalue weighted by Crippen LogP contribution is -1.97. The van der Waals surface area contributed by atoms with Crippen molar-refractivity contribution >= 4 is 49.4 Å². The van der Waals surface area contributed by atoms with Gasteiger partial charge < -0.3 is 5.11 Å². The maximum Gasteiger partial charge on any atom is 0.324 e. The van der Waals surface area contributed by atoms with Crippen molar-refractivity contribution in [1.82, 2.24) is 0 Å². The molecule has 0 spiro atoms. The number of aryl methyl sites for hydroxylation is 1. The number of benzene rings is 5. The number of hydrogen-bond donors (Lipinski definition) is 1. The Labute approximate surface area is 197 Å². The molecule has 0 fully saturated rings. The molecule has 5 aromatic carbocycles. The predicted octanol–water partition coefficient (Wildman–Crippen LogP) is 6.57. The topological polar surface area (TPSA) is 150 Å². The molecule has 0 heterocycles. The second-order valence-corrected chi connectivity index (χ2v) is 7.73. The van der Waals surface area contributed by atoms with E-state index in [-0.39, 0.29) is 0 Å². The molecule has 0 saturated heterocycles. The fraction of sp³-hybridized carbons (Fsp3) is 0.0400. The molecule has 0 amide bonds. The summed E-state index contributed by atoms with van der Waals surface area (Å²) in [5.41, 5.74) is -1.66. The third-order valence-corrected chi connectivity index (χ3v) is 5.61. The number of aromatic hydroxyl groups is 1. The van der Waals surface area contributed by atoms with E-state index in [1.54, 1.807) is 0 Å². The summed E-state index contributed by atoms with van der Waals surface area (Å²) < 4.78 is 0. The number of hydrogen-bond acceptors (Lipinski definition) is 7. The maximum absolute atomic E-state index is 10.4. The molecule has 0 saturated carbocycles. The van der Waals surface area contributed by atoms with Crippen LogP contribution in [-0.4, -0.2) is 19.9 Å². The van der Waals surface area contributed by atoms with Crippen molar-refractivity contribution in [2.24, 2.45) is 0 Å². The highest BCUT2D eigenvalue weighted by molar-refractivity contribution is 6.21. The summed E-state index contributed by atoms with van der Waals surface area (Å²) in [5, 5.41) is 48.3. The van der Waals surface area contributed by atoms with E-state index < -0.39 is 37.6 Å². The normalized spacial score (nSPS) is 10.7. The van der Waals surface area contributed by atoms with E-state index in [1.165, 1.54) is 37.9 Å². The first kappa shape index (κ1) is 23.1. The molecular weight excluding hydrogens is 454 g/mol. The first-order valence-corrected chi connectivity index (χ1v) is 10.3. The van der Waals surface area contributed by atoms with Gasteiger partial charge in [0.2, 0.25) is 0 Å². The fourth-order valence-electron chi connectivity index (χ4n) is 4.03. The van der Waals surface area contributed by atoms with Crippen molar-refractivity contribution < 1.29 is 19.9 Å². The van der Waals surface area contributed by atoms with Crippen molar-refractivity contribution in [3.05, 3.63) is 115 Å². The molecular formula is C25H17N3O7. The summed E-state index contributed by atoms with van der Waals surface area (Å²) in [6, 6.07) is 24.9. The molecule has 35 heavy (non-hydrogen) atoms. The zero-order valence-corrected chi connectivity index (χ0v) is 18.2. The molecule has 5 aromatic rings. The zero-order chi connectivity index (χ0) is 25.3. The SMILES string of the molecule is Cc1cc2ccccc2c2c1ccc1ccccc12.O=[N+]([O-])c1cc([N+](=O)[O-])c(O)c([N+](=O)[O-])c1. The van der Waals surface area contributed by atoms with Crippen molar-refractivity contribution in [2.75, 3.05) is 0 Å². The van der Waals surface area contributed by atoms with Gasteiger partial charge in [-0.2, -0.15) is 0 Å². The molecule has 0 unspecified atom stereocenters. The third-order valence-electron chi connectivity index (χ3n) is 5.61. The van der Waals surface area contributed by atoms with Crippen LogP contribution in [0.1, 0.15) is 5.56 Å². The lowest BCUT2D eigenvalue weighted by atomic mass is 9.94. The Morgan fingerprint density at radius 1 is 0.629 bits per heavy atom. The van der Waals surface area contributed by atoms with Crippen LogP contribution in [0.2, 0.25) is 0 Å². The molecule has 0 aliphatic heterocycles. The molecule has 5 rings (SSSR count). The number of phenolic OH excluding ortho intramolecular Hbond substituents is 1. The zero-order valence-electron chi connectivity index (χ0n) is 18.2. The van der Waals surface area contributed by atoms with Crippen LogP contribution in [-0.2, 0) is 0 Å². The minimum absolute atomic E-state index is 0.447. The highest BCUT2D eigenvalue weighted by Gasteiger charge is 2.30. The number of fused-ring (bicyclic) bond motifs is 5.